The third-order valence-corrected chi connectivity index (χ3v) is 2.84. The van der Waals surface area contributed by atoms with Gasteiger partial charge < -0.3 is 15.4 Å². The molecule has 6 heteroatoms. The van der Waals surface area contributed by atoms with Crippen molar-refractivity contribution >= 4 is 50.5 Å². The molecule has 0 radical (unpaired) electrons. The van der Waals surface area contributed by atoms with Crippen molar-refractivity contribution in [3.05, 3.63) is 27.7 Å². The zero-order chi connectivity index (χ0) is 12.0. The molecule has 0 fully saturated rings. The van der Waals surface area contributed by atoms with Crippen molar-refractivity contribution in [1.82, 2.24) is 5.32 Å². The van der Waals surface area contributed by atoms with Crippen molar-refractivity contribution in [2.24, 2.45) is 0 Å². The Morgan fingerprint density at radius 1 is 1.56 bits per heavy atom. The number of rotatable bonds is 4. The summed E-state index contributed by atoms with van der Waals surface area (Å²) in [6.07, 6.45) is 0. The fraction of sp³-hybridized carbons (Fsp3) is 0.300. The lowest BCUT2D eigenvalue weighted by Gasteiger charge is -2.11. The summed E-state index contributed by atoms with van der Waals surface area (Å²) in [5.41, 5.74) is 0.769. The maximum Gasteiger partial charge on any atom is 0.170 e. The summed E-state index contributed by atoms with van der Waals surface area (Å²) in [5.74, 6) is 0. The molecule has 1 aromatic carbocycles. The van der Waals surface area contributed by atoms with Crippen molar-refractivity contribution in [2.75, 3.05) is 25.6 Å². The van der Waals surface area contributed by atoms with Gasteiger partial charge >= 0.3 is 0 Å². The lowest BCUT2D eigenvalue weighted by Crippen LogP contribution is -2.31. The normalized spacial score (nSPS) is 9.94. The summed E-state index contributed by atoms with van der Waals surface area (Å²) in [4.78, 5) is 0. The van der Waals surface area contributed by atoms with Gasteiger partial charge in [0.15, 0.2) is 5.11 Å². The van der Waals surface area contributed by atoms with Crippen LogP contribution >= 0.6 is 39.7 Å². The lowest BCUT2D eigenvalue weighted by atomic mass is 10.3. The largest absolute Gasteiger partial charge is 0.383 e. The van der Waals surface area contributed by atoms with Gasteiger partial charge in [0, 0.05) is 18.1 Å². The monoisotopic (exact) mass is 322 g/mol. The first-order chi connectivity index (χ1) is 7.63. The van der Waals surface area contributed by atoms with E-state index in [4.69, 9.17) is 28.6 Å². The van der Waals surface area contributed by atoms with Crippen LogP contribution in [0.3, 0.4) is 0 Å². The van der Waals surface area contributed by atoms with E-state index in [0.29, 0.717) is 23.3 Å². The average molecular weight is 324 g/mol. The Bertz CT molecular complexity index is 376. The van der Waals surface area contributed by atoms with Gasteiger partial charge in [-0.3, -0.25) is 0 Å². The Balaban J connectivity index is 2.52. The molecule has 0 bridgehead atoms. The molecule has 0 aliphatic carbocycles. The van der Waals surface area contributed by atoms with E-state index in [0.717, 1.165) is 10.2 Å². The highest BCUT2D eigenvalue weighted by Crippen LogP contribution is 2.25. The fourth-order valence-electron chi connectivity index (χ4n) is 1.03. The van der Waals surface area contributed by atoms with E-state index >= 15 is 0 Å². The van der Waals surface area contributed by atoms with E-state index < -0.39 is 0 Å². The Kier molecular flexibility index (Phi) is 6.05. The van der Waals surface area contributed by atoms with Crippen molar-refractivity contribution in [2.45, 2.75) is 0 Å². The summed E-state index contributed by atoms with van der Waals surface area (Å²) >= 11 is 14.5. The van der Waals surface area contributed by atoms with Gasteiger partial charge in [0.1, 0.15) is 0 Å². The quantitative estimate of drug-likeness (QED) is 0.659. The summed E-state index contributed by atoms with van der Waals surface area (Å²) in [6.45, 7) is 1.27. The molecule has 0 amide bonds. The predicted molar refractivity (Wildman–Crippen MR) is 75.3 cm³/mol. The molecule has 0 saturated carbocycles. The van der Waals surface area contributed by atoms with Crippen molar-refractivity contribution < 1.29 is 4.74 Å². The number of hydrogen-bond donors (Lipinski definition) is 2. The predicted octanol–water partition coefficient (Wildman–Crippen LogP) is 3.04. The van der Waals surface area contributed by atoms with Gasteiger partial charge in [-0.25, -0.2) is 0 Å². The minimum atomic E-state index is 0.525. The summed E-state index contributed by atoms with van der Waals surface area (Å²) in [7, 11) is 1.64. The Hall–Kier alpha value is -0.360. The Morgan fingerprint density at radius 2 is 2.31 bits per heavy atom. The smallest absolute Gasteiger partial charge is 0.170 e. The highest BCUT2D eigenvalue weighted by Gasteiger charge is 2.02. The van der Waals surface area contributed by atoms with Crippen LogP contribution in [0.5, 0.6) is 0 Å². The summed E-state index contributed by atoms with van der Waals surface area (Å²) in [5, 5.41) is 7.16. The van der Waals surface area contributed by atoms with E-state index in [1.54, 1.807) is 13.2 Å². The summed E-state index contributed by atoms with van der Waals surface area (Å²) in [6, 6.07) is 5.54. The first-order valence-corrected chi connectivity index (χ1v) is 6.20. The van der Waals surface area contributed by atoms with E-state index in [-0.39, 0.29) is 0 Å². The Labute approximate surface area is 114 Å². The second-order valence-electron chi connectivity index (χ2n) is 3.00. The molecule has 0 aliphatic heterocycles. The number of hydrogen-bond acceptors (Lipinski definition) is 2. The minimum Gasteiger partial charge on any atom is -0.383 e. The SMILES string of the molecule is COCCNC(=S)Nc1cc(Br)ccc1Cl. The third-order valence-electron chi connectivity index (χ3n) is 1.77. The molecular weight excluding hydrogens is 312 g/mol. The maximum atomic E-state index is 6.01. The molecule has 0 unspecified atom stereocenters. The van der Waals surface area contributed by atoms with E-state index in [1.165, 1.54) is 0 Å². The highest BCUT2D eigenvalue weighted by atomic mass is 79.9. The summed E-state index contributed by atoms with van der Waals surface area (Å²) < 4.78 is 5.85. The molecule has 16 heavy (non-hydrogen) atoms. The van der Waals surface area contributed by atoms with E-state index in [1.807, 2.05) is 12.1 Å². The number of nitrogens with one attached hydrogen (secondary N) is 2. The van der Waals surface area contributed by atoms with Gasteiger partial charge in [-0.05, 0) is 30.4 Å². The number of benzene rings is 1. The van der Waals surface area contributed by atoms with Crippen LogP contribution < -0.4 is 10.6 Å². The van der Waals surface area contributed by atoms with Crippen LogP contribution in [0.1, 0.15) is 0 Å². The first kappa shape index (κ1) is 13.7. The number of halogens is 2. The second-order valence-corrected chi connectivity index (χ2v) is 4.73. The maximum absolute atomic E-state index is 6.01. The fourth-order valence-corrected chi connectivity index (χ4v) is 1.76. The van der Waals surface area contributed by atoms with Gasteiger partial charge in [-0.1, -0.05) is 27.5 Å². The number of methoxy groups -OCH3 is 1. The Morgan fingerprint density at radius 3 is 3.00 bits per heavy atom. The topological polar surface area (TPSA) is 33.3 Å². The molecule has 1 aromatic rings. The first-order valence-electron chi connectivity index (χ1n) is 4.62. The number of thiocarbonyl (C=S) groups is 1. The van der Waals surface area contributed by atoms with Crippen molar-refractivity contribution in [3.63, 3.8) is 0 Å². The van der Waals surface area contributed by atoms with Crippen LogP contribution in [0.4, 0.5) is 5.69 Å². The van der Waals surface area contributed by atoms with Crippen LogP contribution in [-0.2, 0) is 4.74 Å². The lowest BCUT2D eigenvalue weighted by molar-refractivity contribution is 0.204. The van der Waals surface area contributed by atoms with Crippen LogP contribution in [0.25, 0.3) is 0 Å². The molecule has 0 atom stereocenters. The molecule has 0 aliphatic rings. The zero-order valence-corrected chi connectivity index (χ0v) is 11.9. The molecule has 0 heterocycles. The van der Waals surface area contributed by atoms with Gasteiger partial charge in [0.2, 0.25) is 0 Å². The molecule has 88 valence electrons. The van der Waals surface area contributed by atoms with Crippen LogP contribution in [0.2, 0.25) is 5.02 Å². The van der Waals surface area contributed by atoms with Crippen molar-refractivity contribution in [3.8, 4) is 0 Å². The van der Waals surface area contributed by atoms with Gasteiger partial charge in [-0.15, -0.1) is 0 Å². The molecule has 1 rings (SSSR count). The van der Waals surface area contributed by atoms with Crippen molar-refractivity contribution in [1.29, 1.82) is 0 Å². The molecule has 0 aromatic heterocycles. The standard InChI is InChI=1S/C10H12BrClN2OS/c1-15-5-4-13-10(16)14-9-6-7(11)2-3-8(9)12/h2-3,6H,4-5H2,1H3,(H2,13,14,16). The van der Waals surface area contributed by atoms with Gasteiger partial charge in [-0.2, -0.15) is 0 Å². The van der Waals surface area contributed by atoms with E-state index in [9.17, 15) is 0 Å². The molecule has 3 nitrogen and oxygen atoms in total. The minimum absolute atomic E-state index is 0.525. The number of anilines is 1. The van der Waals surface area contributed by atoms with Gasteiger partial charge in [0.25, 0.3) is 0 Å². The number of ether oxygens (including phenoxy) is 1. The van der Waals surface area contributed by atoms with Gasteiger partial charge in [0.05, 0.1) is 17.3 Å². The second kappa shape index (κ2) is 7.06. The molecule has 0 saturated heterocycles. The van der Waals surface area contributed by atoms with Crippen LogP contribution in [0.15, 0.2) is 22.7 Å². The highest BCUT2D eigenvalue weighted by molar-refractivity contribution is 9.10. The molecular formula is C10H12BrClN2OS. The van der Waals surface area contributed by atoms with E-state index in [2.05, 4.69) is 26.6 Å². The zero-order valence-electron chi connectivity index (χ0n) is 8.72. The molecule has 2 N–H and O–H groups in total. The average Bonchev–Trinajstić information content (AvgIpc) is 2.24. The third kappa shape index (κ3) is 4.65. The molecule has 0 spiro atoms. The van der Waals surface area contributed by atoms with Crippen LogP contribution in [0, 0.1) is 0 Å². The van der Waals surface area contributed by atoms with Crippen LogP contribution in [-0.4, -0.2) is 25.4 Å².